The van der Waals surface area contributed by atoms with E-state index in [1.807, 2.05) is 6.92 Å². The molecule has 0 saturated carbocycles. The Kier molecular flexibility index (Phi) is 6.73. The zero-order valence-electron chi connectivity index (χ0n) is 12.9. The third kappa shape index (κ3) is 6.84. The number of sulfone groups is 1. The number of nitrogens with zero attached hydrogens (tertiary/aromatic N) is 1. The Bertz CT molecular complexity index is 633. The van der Waals surface area contributed by atoms with E-state index in [0.29, 0.717) is 12.4 Å². The molecule has 5 nitrogen and oxygen atoms in total. The Hall–Kier alpha value is -1.70. The highest BCUT2D eigenvalue weighted by atomic mass is 32.2. The maximum atomic E-state index is 13.5. The molecule has 0 fully saturated rings. The predicted octanol–water partition coefficient (Wildman–Crippen LogP) is 1.45. The summed E-state index contributed by atoms with van der Waals surface area (Å²) in [6, 6.07) is 3.11. The van der Waals surface area contributed by atoms with Gasteiger partial charge in [0.15, 0.2) is 5.96 Å². The maximum Gasteiger partial charge on any atom is 0.191 e. The number of aliphatic imine (C=N–C) groups is 1. The van der Waals surface area contributed by atoms with Crippen molar-refractivity contribution < 1.29 is 17.2 Å². The molecule has 2 N–H and O–H groups in total. The van der Waals surface area contributed by atoms with E-state index < -0.39 is 21.5 Å². The Morgan fingerprint density at radius 2 is 2.05 bits per heavy atom. The topological polar surface area (TPSA) is 70.6 Å². The monoisotopic (exact) mass is 333 g/mol. The molecule has 1 unspecified atom stereocenters. The van der Waals surface area contributed by atoms with Gasteiger partial charge in [0.1, 0.15) is 21.5 Å². The van der Waals surface area contributed by atoms with E-state index in [2.05, 4.69) is 15.6 Å². The molecule has 0 spiro atoms. The second kappa shape index (κ2) is 8.07. The largest absolute Gasteiger partial charge is 0.354 e. The molecule has 1 atom stereocenters. The minimum absolute atomic E-state index is 0.0662. The summed E-state index contributed by atoms with van der Waals surface area (Å²) in [6.45, 7) is 1.89. The summed E-state index contributed by atoms with van der Waals surface area (Å²) < 4.78 is 48.8. The molecule has 1 aromatic carbocycles. The van der Waals surface area contributed by atoms with Gasteiger partial charge in [-0.25, -0.2) is 17.2 Å². The van der Waals surface area contributed by atoms with Crippen molar-refractivity contribution >= 4 is 15.8 Å². The molecular formula is C14H21F2N3O2S. The highest BCUT2D eigenvalue weighted by Crippen LogP contribution is 2.09. The summed E-state index contributed by atoms with van der Waals surface area (Å²) in [5.41, 5.74) is 0.187. The summed E-state index contributed by atoms with van der Waals surface area (Å²) in [6.07, 6.45) is 1.60. The van der Waals surface area contributed by atoms with Crippen LogP contribution >= 0.6 is 0 Å². The maximum absolute atomic E-state index is 13.5. The van der Waals surface area contributed by atoms with Gasteiger partial charge < -0.3 is 10.6 Å². The fraction of sp³-hybridized carbons (Fsp3) is 0.500. The quantitative estimate of drug-likeness (QED) is 0.611. The number of guanidine groups is 1. The molecule has 0 heterocycles. The summed E-state index contributed by atoms with van der Waals surface area (Å²) in [7, 11) is -1.48. The SMILES string of the molecule is CN=C(NCc1cc(F)ccc1F)NC(C)CCS(C)(=O)=O. The van der Waals surface area contributed by atoms with E-state index in [4.69, 9.17) is 0 Å². The van der Waals surface area contributed by atoms with Gasteiger partial charge in [0.25, 0.3) is 0 Å². The van der Waals surface area contributed by atoms with Gasteiger partial charge in [0.05, 0.1) is 5.75 Å². The lowest BCUT2D eigenvalue weighted by Crippen LogP contribution is -2.42. The van der Waals surface area contributed by atoms with Gasteiger partial charge >= 0.3 is 0 Å². The van der Waals surface area contributed by atoms with Crippen LogP contribution in [0.4, 0.5) is 8.78 Å². The lowest BCUT2D eigenvalue weighted by molar-refractivity contribution is 0.573. The molecular weight excluding hydrogens is 312 g/mol. The molecule has 1 aromatic rings. The average Bonchev–Trinajstić information content (AvgIpc) is 2.43. The molecule has 0 bridgehead atoms. The van der Waals surface area contributed by atoms with E-state index in [0.717, 1.165) is 18.2 Å². The molecule has 0 aliphatic carbocycles. The van der Waals surface area contributed by atoms with Crippen molar-refractivity contribution in [3.63, 3.8) is 0 Å². The van der Waals surface area contributed by atoms with Crippen LogP contribution in [0.2, 0.25) is 0 Å². The molecule has 1 rings (SSSR count). The van der Waals surface area contributed by atoms with Crippen LogP contribution in [-0.2, 0) is 16.4 Å². The highest BCUT2D eigenvalue weighted by molar-refractivity contribution is 7.90. The molecule has 8 heteroatoms. The fourth-order valence-electron chi connectivity index (χ4n) is 1.75. The van der Waals surface area contributed by atoms with Crippen LogP contribution in [0.5, 0.6) is 0 Å². The first-order valence-electron chi connectivity index (χ1n) is 6.80. The zero-order valence-corrected chi connectivity index (χ0v) is 13.7. The van der Waals surface area contributed by atoms with Gasteiger partial charge in [-0.1, -0.05) is 0 Å². The van der Waals surface area contributed by atoms with Crippen molar-refractivity contribution in [3.05, 3.63) is 35.4 Å². The van der Waals surface area contributed by atoms with Crippen molar-refractivity contribution in [1.29, 1.82) is 0 Å². The van der Waals surface area contributed by atoms with Crippen molar-refractivity contribution in [2.45, 2.75) is 25.9 Å². The van der Waals surface area contributed by atoms with Crippen molar-refractivity contribution in [3.8, 4) is 0 Å². The molecule has 0 radical (unpaired) electrons. The normalized spacial score (nSPS) is 13.8. The van der Waals surface area contributed by atoms with Crippen LogP contribution in [0.1, 0.15) is 18.9 Å². The number of nitrogens with one attached hydrogen (secondary N) is 2. The Balaban J connectivity index is 2.54. The third-order valence-corrected chi connectivity index (χ3v) is 3.96. The van der Waals surface area contributed by atoms with Crippen molar-refractivity contribution in [1.82, 2.24) is 10.6 Å². The van der Waals surface area contributed by atoms with Gasteiger partial charge in [-0.05, 0) is 31.5 Å². The molecule has 124 valence electrons. The van der Waals surface area contributed by atoms with Crippen LogP contribution in [0.3, 0.4) is 0 Å². The second-order valence-electron chi connectivity index (χ2n) is 5.13. The van der Waals surface area contributed by atoms with E-state index in [1.54, 1.807) is 7.05 Å². The lowest BCUT2D eigenvalue weighted by atomic mass is 10.2. The van der Waals surface area contributed by atoms with Crippen molar-refractivity contribution in [2.24, 2.45) is 4.99 Å². The van der Waals surface area contributed by atoms with E-state index >= 15 is 0 Å². The minimum atomic E-state index is -3.02. The van der Waals surface area contributed by atoms with Gasteiger partial charge in [-0.2, -0.15) is 0 Å². The van der Waals surface area contributed by atoms with Crippen LogP contribution < -0.4 is 10.6 Å². The van der Waals surface area contributed by atoms with Crippen LogP contribution in [0, 0.1) is 11.6 Å². The van der Waals surface area contributed by atoms with Crippen LogP contribution in [0.25, 0.3) is 0 Å². The summed E-state index contributed by atoms with van der Waals surface area (Å²) in [5, 5.41) is 5.87. The minimum Gasteiger partial charge on any atom is -0.354 e. The number of halogens is 2. The third-order valence-electron chi connectivity index (χ3n) is 2.98. The fourth-order valence-corrected chi connectivity index (χ4v) is 2.53. The first kappa shape index (κ1) is 18.3. The van der Waals surface area contributed by atoms with Gasteiger partial charge in [-0.3, -0.25) is 4.99 Å². The Morgan fingerprint density at radius 3 is 2.64 bits per heavy atom. The van der Waals surface area contributed by atoms with E-state index in [1.165, 1.54) is 6.26 Å². The number of hydrogen-bond acceptors (Lipinski definition) is 3. The molecule has 22 heavy (non-hydrogen) atoms. The Labute approximate surface area is 129 Å². The zero-order chi connectivity index (χ0) is 16.8. The van der Waals surface area contributed by atoms with Gasteiger partial charge in [0, 0.05) is 31.5 Å². The summed E-state index contributed by atoms with van der Waals surface area (Å²) in [4.78, 5) is 3.97. The first-order chi connectivity index (χ1) is 10.2. The molecule has 0 saturated heterocycles. The van der Waals surface area contributed by atoms with Crippen LogP contribution in [0.15, 0.2) is 23.2 Å². The number of benzene rings is 1. The lowest BCUT2D eigenvalue weighted by Gasteiger charge is -2.17. The molecule has 0 amide bonds. The first-order valence-corrected chi connectivity index (χ1v) is 8.86. The van der Waals surface area contributed by atoms with Gasteiger partial charge in [-0.15, -0.1) is 0 Å². The smallest absolute Gasteiger partial charge is 0.191 e. The van der Waals surface area contributed by atoms with Crippen molar-refractivity contribution in [2.75, 3.05) is 19.1 Å². The van der Waals surface area contributed by atoms with Gasteiger partial charge in [0.2, 0.25) is 0 Å². The second-order valence-corrected chi connectivity index (χ2v) is 7.39. The molecule has 0 aliphatic heterocycles. The molecule has 0 aliphatic rings. The number of hydrogen-bond donors (Lipinski definition) is 2. The van der Waals surface area contributed by atoms with E-state index in [-0.39, 0.29) is 23.9 Å². The van der Waals surface area contributed by atoms with Crippen LogP contribution in [-0.4, -0.2) is 39.5 Å². The summed E-state index contributed by atoms with van der Waals surface area (Å²) >= 11 is 0. The summed E-state index contributed by atoms with van der Waals surface area (Å²) in [5.74, 6) is -0.557. The van der Waals surface area contributed by atoms with E-state index in [9.17, 15) is 17.2 Å². The highest BCUT2D eigenvalue weighted by Gasteiger charge is 2.10. The standard InChI is InChI=1S/C14H21F2N3O2S/c1-10(6-7-22(3,20)21)19-14(17-2)18-9-11-8-12(15)4-5-13(11)16/h4-5,8,10H,6-7,9H2,1-3H3,(H2,17,18,19). The molecule has 0 aromatic heterocycles. The predicted molar refractivity (Wildman–Crippen MR) is 83.5 cm³/mol. The average molecular weight is 333 g/mol. The number of rotatable bonds is 6. The Morgan fingerprint density at radius 1 is 1.36 bits per heavy atom.